The Kier molecular flexibility index (Phi) is 3.63. The summed E-state index contributed by atoms with van der Waals surface area (Å²) >= 11 is 0. The number of hydrogen-bond donors (Lipinski definition) is 0. The van der Waals surface area contributed by atoms with Crippen molar-refractivity contribution in [3.8, 4) is 0 Å². The van der Waals surface area contributed by atoms with E-state index >= 15 is 0 Å². The first-order valence-corrected chi connectivity index (χ1v) is 9.61. The Morgan fingerprint density at radius 1 is 1.31 bits per heavy atom. The van der Waals surface area contributed by atoms with Crippen molar-refractivity contribution >= 4 is 14.3 Å². The van der Waals surface area contributed by atoms with Crippen LogP contribution < -0.4 is 0 Å². The quantitative estimate of drug-likeness (QED) is 0.505. The van der Waals surface area contributed by atoms with Gasteiger partial charge in [-0.3, -0.25) is 4.99 Å². The van der Waals surface area contributed by atoms with Gasteiger partial charge in [-0.1, -0.05) is 52.2 Å². The summed E-state index contributed by atoms with van der Waals surface area (Å²) in [6.45, 7) is 17.8. The third-order valence-electron chi connectivity index (χ3n) is 2.85. The lowest BCUT2D eigenvalue weighted by atomic mass is 9.78. The molecule has 1 aliphatic heterocycles. The third kappa shape index (κ3) is 3.18. The standard InChI is InChI=1S/C14H25NSi/c1-8-12-11(10-16(5,6)7)9-15-13(12)14(2,3)4/h8-10,12-13H,1H2,2-7H3/b11-10-/t12-,13-/m0/s1. The molecule has 0 radical (unpaired) electrons. The summed E-state index contributed by atoms with van der Waals surface area (Å²) in [6, 6.07) is 0.354. The zero-order valence-electron chi connectivity index (χ0n) is 11.5. The molecule has 0 amide bonds. The summed E-state index contributed by atoms with van der Waals surface area (Å²) in [5, 5.41) is 0. The lowest BCUT2D eigenvalue weighted by Gasteiger charge is -2.29. The molecule has 90 valence electrons. The van der Waals surface area contributed by atoms with Crippen molar-refractivity contribution in [1.82, 2.24) is 0 Å². The summed E-state index contributed by atoms with van der Waals surface area (Å²) in [5.74, 6) is 0.409. The van der Waals surface area contributed by atoms with E-state index in [9.17, 15) is 0 Å². The van der Waals surface area contributed by atoms with Crippen LogP contribution in [0.2, 0.25) is 19.6 Å². The van der Waals surface area contributed by atoms with Crippen LogP contribution in [0.25, 0.3) is 0 Å². The van der Waals surface area contributed by atoms with Crippen LogP contribution >= 0.6 is 0 Å². The van der Waals surface area contributed by atoms with Gasteiger partial charge in [0, 0.05) is 12.1 Å². The Morgan fingerprint density at radius 3 is 2.25 bits per heavy atom. The summed E-state index contributed by atoms with van der Waals surface area (Å²) in [7, 11) is -1.17. The van der Waals surface area contributed by atoms with Crippen LogP contribution in [0.1, 0.15) is 20.8 Å². The molecule has 0 saturated heterocycles. The number of nitrogens with zero attached hydrogens (tertiary/aromatic N) is 1. The molecule has 0 aromatic carbocycles. The predicted octanol–water partition coefficient (Wildman–Crippen LogP) is 4.09. The molecule has 16 heavy (non-hydrogen) atoms. The second-order valence-electron chi connectivity index (χ2n) is 6.86. The fourth-order valence-corrected chi connectivity index (χ4v) is 3.46. The van der Waals surface area contributed by atoms with Gasteiger partial charge in [-0.25, -0.2) is 0 Å². The maximum atomic E-state index is 4.68. The molecule has 0 unspecified atom stereocenters. The molecule has 1 nitrogen and oxygen atoms in total. The molecular weight excluding hydrogens is 210 g/mol. The summed E-state index contributed by atoms with van der Waals surface area (Å²) < 4.78 is 0. The highest BCUT2D eigenvalue weighted by molar-refractivity contribution is 6.81. The smallest absolute Gasteiger partial charge is 0.0691 e. The van der Waals surface area contributed by atoms with Crippen LogP contribution in [0, 0.1) is 11.3 Å². The van der Waals surface area contributed by atoms with Crippen LogP contribution in [0.5, 0.6) is 0 Å². The van der Waals surface area contributed by atoms with Crippen molar-refractivity contribution in [3.63, 3.8) is 0 Å². The Labute approximate surface area is 101 Å². The van der Waals surface area contributed by atoms with E-state index in [-0.39, 0.29) is 5.41 Å². The van der Waals surface area contributed by atoms with E-state index in [1.54, 1.807) is 0 Å². The average Bonchev–Trinajstić information content (AvgIpc) is 2.43. The number of hydrogen-bond acceptors (Lipinski definition) is 1. The van der Waals surface area contributed by atoms with Gasteiger partial charge in [0.05, 0.1) is 14.1 Å². The first-order chi connectivity index (χ1) is 7.15. The highest BCUT2D eigenvalue weighted by Gasteiger charge is 2.35. The minimum absolute atomic E-state index is 0.213. The third-order valence-corrected chi connectivity index (χ3v) is 4.05. The molecule has 0 saturated carbocycles. The fourth-order valence-electron chi connectivity index (χ4n) is 2.19. The zero-order valence-corrected chi connectivity index (χ0v) is 12.5. The average molecular weight is 235 g/mol. The minimum Gasteiger partial charge on any atom is -0.288 e. The molecular formula is C14H25NSi. The normalized spacial score (nSPS) is 28.8. The molecule has 1 aliphatic rings. The number of aliphatic imine (C=N–C) groups is 1. The molecule has 0 aromatic rings. The van der Waals surface area contributed by atoms with Gasteiger partial charge in [0.25, 0.3) is 0 Å². The molecule has 1 heterocycles. The van der Waals surface area contributed by atoms with Crippen LogP contribution in [0.3, 0.4) is 0 Å². The molecule has 0 N–H and O–H groups in total. The van der Waals surface area contributed by atoms with E-state index in [0.717, 1.165) is 0 Å². The van der Waals surface area contributed by atoms with E-state index in [2.05, 4.69) is 70.0 Å². The first kappa shape index (κ1) is 13.4. The summed E-state index contributed by atoms with van der Waals surface area (Å²) in [4.78, 5) is 4.68. The fraction of sp³-hybridized carbons (Fsp3) is 0.643. The zero-order chi connectivity index (χ0) is 12.6. The lowest BCUT2D eigenvalue weighted by Crippen LogP contribution is -2.29. The van der Waals surface area contributed by atoms with Crippen LogP contribution in [-0.2, 0) is 0 Å². The van der Waals surface area contributed by atoms with Crippen LogP contribution in [-0.4, -0.2) is 20.3 Å². The van der Waals surface area contributed by atoms with Gasteiger partial charge in [0.2, 0.25) is 0 Å². The highest BCUT2D eigenvalue weighted by Crippen LogP contribution is 2.36. The maximum absolute atomic E-state index is 4.68. The number of rotatable bonds is 2. The van der Waals surface area contributed by atoms with Crippen molar-refractivity contribution in [3.05, 3.63) is 23.9 Å². The molecule has 2 atom stereocenters. The van der Waals surface area contributed by atoms with Crippen molar-refractivity contribution < 1.29 is 0 Å². The van der Waals surface area contributed by atoms with E-state index in [1.165, 1.54) is 5.57 Å². The predicted molar refractivity (Wildman–Crippen MR) is 76.9 cm³/mol. The Balaban J connectivity index is 3.00. The van der Waals surface area contributed by atoms with Crippen molar-refractivity contribution in [2.45, 2.75) is 46.5 Å². The van der Waals surface area contributed by atoms with Crippen molar-refractivity contribution in [1.29, 1.82) is 0 Å². The van der Waals surface area contributed by atoms with Gasteiger partial charge in [-0.05, 0) is 11.0 Å². The van der Waals surface area contributed by atoms with Gasteiger partial charge in [0.1, 0.15) is 0 Å². The molecule has 0 aromatic heterocycles. The van der Waals surface area contributed by atoms with Gasteiger partial charge in [0.15, 0.2) is 0 Å². The topological polar surface area (TPSA) is 12.4 Å². The maximum Gasteiger partial charge on any atom is 0.0691 e. The van der Waals surface area contributed by atoms with E-state index in [0.29, 0.717) is 12.0 Å². The summed E-state index contributed by atoms with van der Waals surface area (Å²) in [6.07, 6.45) is 4.13. The van der Waals surface area contributed by atoms with Gasteiger partial charge < -0.3 is 0 Å². The summed E-state index contributed by atoms with van der Waals surface area (Å²) in [5.41, 5.74) is 4.05. The van der Waals surface area contributed by atoms with Crippen LogP contribution in [0.4, 0.5) is 0 Å². The molecule has 0 aliphatic carbocycles. The van der Waals surface area contributed by atoms with Gasteiger partial charge >= 0.3 is 0 Å². The van der Waals surface area contributed by atoms with E-state index in [1.807, 2.05) is 0 Å². The second kappa shape index (κ2) is 4.32. The Hall–Kier alpha value is -0.633. The Morgan fingerprint density at radius 2 is 1.88 bits per heavy atom. The lowest BCUT2D eigenvalue weighted by molar-refractivity contribution is 0.298. The SMILES string of the molecule is C=C[C@H]1/C(=C\[Si](C)(C)C)C=N[C@@H]1C(C)(C)C. The van der Waals surface area contributed by atoms with Crippen molar-refractivity contribution in [2.24, 2.45) is 16.3 Å². The molecule has 0 bridgehead atoms. The molecule has 0 fully saturated rings. The molecule has 1 rings (SSSR count). The van der Waals surface area contributed by atoms with Crippen molar-refractivity contribution in [2.75, 3.05) is 0 Å². The van der Waals surface area contributed by atoms with E-state index in [4.69, 9.17) is 0 Å². The molecule has 0 spiro atoms. The van der Waals surface area contributed by atoms with Gasteiger partial charge in [-0.2, -0.15) is 0 Å². The largest absolute Gasteiger partial charge is 0.288 e. The Bertz CT molecular complexity index is 326. The minimum atomic E-state index is -1.17. The van der Waals surface area contributed by atoms with E-state index < -0.39 is 8.07 Å². The second-order valence-corrected chi connectivity index (χ2v) is 11.9. The molecule has 2 heteroatoms. The first-order valence-electron chi connectivity index (χ1n) is 6.03. The highest BCUT2D eigenvalue weighted by atomic mass is 28.3. The van der Waals surface area contributed by atoms with Crippen LogP contribution in [0.15, 0.2) is 28.9 Å². The van der Waals surface area contributed by atoms with Gasteiger partial charge in [-0.15, -0.1) is 6.58 Å². The monoisotopic (exact) mass is 235 g/mol.